The van der Waals surface area contributed by atoms with E-state index in [1.807, 2.05) is 7.05 Å². The molecule has 0 saturated heterocycles. The third kappa shape index (κ3) is 3.14. The molecule has 3 N–H and O–H groups in total. The number of allylic oxidation sites excluding steroid dienone is 2. The van der Waals surface area contributed by atoms with Crippen molar-refractivity contribution in [2.45, 2.75) is 58.8 Å². The number of carbonyl (C=O) groups is 1. The molecule has 0 aromatic rings. The lowest BCUT2D eigenvalue weighted by Crippen LogP contribution is -2.55. The van der Waals surface area contributed by atoms with Crippen LogP contribution in [0.25, 0.3) is 0 Å². The zero-order valence-corrected chi connectivity index (χ0v) is 17.8. The van der Waals surface area contributed by atoms with Crippen LogP contribution in [-0.2, 0) is 9.63 Å². The monoisotopic (exact) mass is 390 g/mol. The van der Waals surface area contributed by atoms with Crippen LogP contribution in [0, 0.1) is 40.4 Å². The second-order valence-corrected chi connectivity index (χ2v) is 10.3. The summed E-state index contributed by atoms with van der Waals surface area (Å²) in [5.41, 5.74) is 4.47. The van der Waals surface area contributed by atoms with Gasteiger partial charge in [0.2, 0.25) is 0 Å². The number of hydrogen-bond donors (Lipinski definition) is 3. The van der Waals surface area contributed by atoms with Gasteiger partial charge in [-0.1, -0.05) is 19.9 Å². The number of rotatable bonds is 6. The molecule has 5 nitrogen and oxygen atoms in total. The first-order valence-corrected chi connectivity index (χ1v) is 11.3. The van der Waals surface area contributed by atoms with Gasteiger partial charge in [0.15, 0.2) is 0 Å². The summed E-state index contributed by atoms with van der Waals surface area (Å²) in [5.74, 6) is 2.98. The Balaban J connectivity index is 1.55. The van der Waals surface area contributed by atoms with E-state index in [2.05, 4.69) is 30.7 Å². The van der Waals surface area contributed by atoms with E-state index in [4.69, 9.17) is 4.84 Å². The molecule has 5 heteroatoms. The Bertz CT molecular complexity index is 635. The minimum absolute atomic E-state index is 0.0945. The standard InChI is InChI=1S/C23H38N2O3/c1-22-8-6-16(25-28-11-10-24-3)13-20(22)15(14-26)12-17-18-4-5-21(27)23(18,2)9-7-19(17)22/h13,15,17-20,24-26H,4-12,14H2,1-3H3/t15-,17+,18+,19+,20?,22-,23+/m1/s1. The maximum atomic E-state index is 12.6. The van der Waals surface area contributed by atoms with Crippen molar-refractivity contribution in [2.24, 2.45) is 40.4 Å². The summed E-state index contributed by atoms with van der Waals surface area (Å²) >= 11 is 0. The van der Waals surface area contributed by atoms with Crippen molar-refractivity contribution in [3.05, 3.63) is 11.8 Å². The maximum Gasteiger partial charge on any atom is 0.139 e. The SMILES string of the molecule is CNCCONC1=CC2[C@@H](CO)C[C@@H]3[C@H](CC[C@]4(C)C(=O)CC[C@@H]34)[C@@]2(C)CC1. The summed E-state index contributed by atoms with van der Waals surface area (Å²) in [6, 6.07) is 0. The Morgan fingerprint density at radius 2 is 2.04 bits per heavy atom. The lowest BCUT2D eigenvalue weighted by molar-refractivity contribution is -0.141. The number of Topliss-reactive ketones (excluding diaryl/α,β-unsaturated/α-hetero) is 1. The molecule has 0 amide bonds. The first-order chi connectivity index (χ1) is 13.4. The van der Waals surface area contributed by atoms with Crippen LogP contribution < -0.4 is 10.8 Å². The van der Waals surface area contributed by atoms with Crippen LogP contribution in [0.15, 0.2) is 11.8 Å². The molecule has 0 aromatic carbocycles. The van der Waals surface area contributed by atoms with Crippen molar-refractivity contribution < 1.29 is 14.7 Å². The molecule has 4 aliphatic carbocycles. The minimum Gasteiger partial charge on any atom is -0.396 e. The highest BCUT2D eigenvalue weighted by atomic mass is 16.6. The maximum absolute atomic E-state index is 12.6. The zero-order valence-electron chi connectivity index (χ0n) is 17.8. The number of likely N-dealkylation sites (N-methyl/N-ethyl adjacent to an activating group) is 1. The molecule has 3 fully saturated rings. The van der Waals surface area contributed by atoms with Gasteiger partial charge in [0, 0.05) is 30.7 Å². The van der Waals surface area contributed by atoms with Crippen LogP contribution in [0.1, 0.15) is 58.8 Å². The summed E-state index contributed by atoms with van der Waals surface area (Å²) in [6.07, 6.45) is 9.65. The van der Waals surface area contributed by atoms with E-state index >= 15 is 0 Å². The summed E-state index contributed by atoms with van der Waals surface area (Å²) in [6.45, 7) is 6.40. The summed E-state index contributed by atoms with van der Waals surface area (Å²) in [5, 5.41) is 13.4. The summed E-state index contributed by atoms with van der Waals surface area (Å²) in [4.78, 5) is 18.2. The summed E-state index contributed by atoms with van der Waals surface area (Å²) in [7, 11) is 1.92. The number of hydrogen-bond acceptors (Lipinski definition) is 5. The van der Waals surface area contributed by atoms with Crippen LogP contribution in [0.3, 0.4) is 0 Å². The largest absolute Gasteiger partial charge is 0.396 e. The van der Waals surface area contributed by atoms with E-state index < -0.39 is 0 Å². The molecule has 0 spiro atoms. The molecular formula is C23H38N2O3. The van der Waals surface area contributed by atoms with E-state index in [0.717, 1.165) is 45.1 Å². The number of hydroxylamine groups is 1. The van der Waals surface area contributed by atoms with E-state index in [1.165, 1.54) is 12.1 Å². The van der Waals surface area contributed by atoms with Crippen LogP contribution >= 0.6 is 0 Å². The van der Waals surface area contributed by atoms with Gasteiger partial charge < -0.3 is 10.4 Å². The van der Waals surface area contributed by atoms with Crippen molar-refractivity contribution in [2.75, 3.05) is 26.8 Å². The molecule has 0 aromatic heterocycles. The average molecular weight is 391 g/mol. The van der Waals surface area contributed by atoms with Gasteiger partial charge in [0.1, 0.15) is 5.78 Å². The first kappa shape index (κ1) is 20.4. The van der Waals surface area contributed by atoms with Crippen LogP contribution in [0.5, 0.6) is 0 Å². The van der Waals surface area contributed by atoms with Gasteiger partial charge in [-0.15, -0.1) is 0 Å². The Morgan fingerprint density at radius 1 is 1.21 bits per heavy atom. The highest BCUT2D eigenvalue weighted by Crippen LogP contribution is 2.66. The van der Waals surface area contributed by atoms with Crippen molar-refractivity contribution in [1.82, 2.24) is 10.8 Å². The van der Waals surface area contributed by atoms with Crippen LogP contribution in [0.2, 0.25) is 0 Å². The number of aliphatic hydroxyl groups excluding tert-OH is 1. The molecule has 4 rings (SSSR count). The van der Waals surface area contributed by atoms with Crippen molar-refractivity contribution >= 4 is 5.78 Å². The van der Waals surface area contributed by atoms with E-state index in [-0.39, 0.29) is 17.4 Å². The second kappa shape index (κ2) is 7.73. The van der Waals surface area contributed by atoms with Crippen molar-refractivity contribution in [3.8, 4) is 0 Å². The number of aliphatic hydroxyl groups is 1. The quantitative estimate of drug-likeness (QED) is 0.480. The van der Waals surface area contributed by atoms with Gasteiger partial charge >= 0.3 is 0 Å². The molecule has 0 radical (unpaired) electrons. The Kier molecular flexibility index (Phi) is 5.62. The van der Waals surface area contributed by atoms with Gasteiger partial charge in [-0.3, -0.25) is 15.1 Å². The number of ketones is 1. The highest BCUT2D eigenvalue weighted by Gasteiger charge is 2.61. The molecule has 3 saturated carbocycles. The Hall–Kier alpha value is -0.910. The van der Waals surface area contributed by atoms with Crippen molar-refractivity contribution in [3.63, 3.8) is 0 Å². The normalized spacial score (nSPS) is 45.1. The molecule has 28 heavy (non-hydrogen) atoms. The van der Waals surface area contributed by atoms with E-state index in [0.29, 0.717) is 42.0 Å². The van der Waals surface area contributed by atoms with Crippen molar-refractivity contribution in [1.29, 1.82) is 0 Å². The Morgan fingerprint density at radius 3 is 2.79 bits per heavy atom. The van der Waals surface area contributed by atoms with E-state index in [9.17, 15) is 9.90 Å². The molecule has 0 bridgehead atoms. The lowest BCUT2D eigenvalue weighted by atomic mass is 9.44. The molecule has 0 aliphatic heterocycles. The summed E-state index contributed by atoms with van der Waals surface area (Å²) < 4.78 is 0. The molecule has 0 heterocycles. The number of carbonyl (C=O) groups excluding carboxylic acids is 1. The average Bonchev–Trinajstić information content (AvgIpc) is 3.00. The van der Waals surface area contributed by atoms with Gasteiger partial charge in [-0.2, -0.15) is 0 Å². The van der Waals surface area contributed by atoms with Gasteiger partial charge in [-0.05, 0) is 80.6 Å². The predicted molar refractivity (Wildman–Crippen MR) is 109 cm³/mol. The van der Waals surface area contributed by atoms with Gasteiger partial charge in [0.25, 0.3) is 0 Å². The van der Waals surface area contributed by atoms with Crippen LogP contribution in [0.4, 0.5) is 0 Å². The third-order valence-electron chi connectivity index (χ3n) is 9.04. The first-order valence-electron chi connectivity index (χ1n) is 11.3. The van der Waals surface area contributed by atoms with Crippen LogP contribution in [-0.4, -0.2) is 37.7 Å². The zero-order chi connectivity index (χ0) is 19.9. The van der Waals surface area contributed by atoms with Gasteiger partial charge in [0.05, 0.1) is 6.61 Å². The second-order valence-electron chi connectivity index (χ2n) is 10.3. The minimum atomic E-state index is -0.0945. The number of fused-ring (bicyclic) bond motifs is 5. The fraction of sp³-hybridized carbons (Fsp3) is 0.870. The lowest BCUT2D eigenvalue weighted by Gasteiger charge is -2.60. The molecular weight excluding hydrogens is 352 g/mol. The molecule has 7 atom stereocenters. The molecule has 4 aliphatic rings. The molecule has 1 unspecified atom stereocenters. The van der Waals surface area contributed by atoms with E-state index in [1.54, 1.807) is 0 Å². The fourth-order valence-electron chi connectivity index (χ4n) is 7.44. The fourth-order valence-corrected chi connectivity index (χ4v) is 7.44. The topological polar surface area (TPSA) is 70.6 Å². The number of nitrogens with one attached hydrogen (secondary N) is 2. The highest BCUT2D eigenvalue weighted by molar-refractivity contribution is 5.87. The van der Waals surface area contributed by atoms with Gasteiger partial charge in [-0.25, -0.2) is 0 Å². The molecule has 158 valence electrons. The smallest absolute Gasteiger partial charge is 0.139 e. The third-order valence-corrected chi connectivity index (χ3v) is 9.04. The predicted octanol–water partition coefficient (Wildman–Crippen LogP) is 3.05. The Labute approximate surface area is 169 Å².